The molecule has 2 N–H and O–H groups in total. The topological polar surface area (TPSA) is 77.8 Å². The molecule has 2 atom stereocenters. The van der Waals surface area contributed by atoms with E-state index in [1.807, 2.05) is 4.90 Å². The Morgan fingerprint density at radius 1 is 1.23 bits per heavy atom. The maximum Gasteiger partial charge on any atom is 0.308 e. The van der Waals surface area contributed by atoms with E-state index in [-0.39, 0.29) is 0 Å². The average molecular weight is 187 g/mol. The highest BCUT2D eigenvalue weighted by molar-refractivity contribution is 5.80. The van der Waals surface area contributed by atoms with E-state index < -0.39 is 23.8 Å². The summed E-state index contributed by atoms with van der Waals surface area (Å²) in [4.78, 5) is 23.3. The average Bonchev–Trinajstić information content (AvgIpc) is 2.03. The predicted octanol–water partition coefficient (Wildman–Crippen LogP) is -0.276. The molecule has 0 saturated carbocycles. The van der Waals surface area contributed by atoms with E-state index in [1.54, 1.807) is 7.05 Å². The van der Waals surface area contributed by atoms with Gasteiger partial charge in [0, 0.05) is 6.54 Å². The zero-order valence-electron chi connectivity index (χ0n) is 7.43. The van der Waals surface area contributed by atoms with Crippen molar-refractivity contribution in [2.75, 3.05) is 20.1 Å². The van der Waals surface area contributed by atoms with Gasteiger partial charge in [0.15, 0.2) is 0 Å². The van der Waals surface area contributed by atoms with Crippen LogP contribution in [0.3, 0.4) is 0 Å². The Kier molecular flexibility index (Phi) is 2.87. The van der Waals surface area contributed by atoms with Crippen molar-refractivity contribution in [2.45, 2.75) is 6.42 Å². The molecule has 1 heterocycles. The molecule has 0 bridgehead atoms. The van der Waals surface area contributed by atoms with Crippen LogP contribution >= 0.6 is 0 Å². The number of nitrogens with zero attached hydrogens (tertiary/aromatic N) is 1. The molecule has 0 aromatic heterocycles. The van der Waals surface area contributed by atoms with Crippen LogP contribution < -0.4 is 0 Å². The molecule has 0 spiro atoms. The molecule has 5 nitrogen and oxygen atoms in total. The summed E-state index contributed by atoms with van der Waals surface area (Å²) >= 11 is 0. The van der Waals surface area contributed by atoms with Crippen LogP contribution in [-0.2, 0) is 9.59 Å². The van der Waals surface area contributed by atoms with Gasteiger partial charge in [0.1, 0.15) is 0 Å². The molecule has 1 aliphatic heterocycles. The van der Waals surface area contributed by atoms with Crippen LogP contribution in [0.5, 0.6) is 0 Å². The molecule has 0 aromatic rings. The molecule has 0 aromatic carbocycles. The van der Waals surface area contributed by atoms with Crippen LogP contribution in [0.15, 0.2) is 0 Å². The molecule has 5 heteroatoms. The first-order chi connectivity index (χ1) is 6.02. The van der Waals surface area contributed by atoms with Gasteiger partial charge in [-0.15, -0.1) is 0 Å². The number of hydrogen-bond acceptors (Lipinski definition) is 3. The standard InChI is InChI=1S/C8H13NO4/c1-9-3-2-5(7(10)11)6(4-9)8(12)13/h5-6H,2-4H2,1H3,(H,10,11)(H,12,13)/t5-,6-/m1/s1. The van der Waals surface area contributed by atoms with Gasteiger partial charge in [-0.25, -0.2) is 0 Å². The summed E-state index contributed by atoms with van der Waals surface area (Å²) in [6, 6.07) is 0. The summed E-state index contributed by atoms with van der Waals surface area (Å²) in [7, 11) is 1.80. The second kappa shape index (κ2) is 3.74. The molecule has 13 heavy (non-hydrogen) atoms. The quantitative estimate of drug-likeness (QED) is 0.621. The number of rotatable bonds is 2. The fraction of sp³-hybridized carbons (Fsp3) is 0.750. The van der Waals surface area contributed by atoms with Gasteiger partial charge in [-0.2, -0.15) is 0 Å². The zero-order valence-corrected chi connectivity index (χ0v) is 7.43. The van der Waals surface area contributed by atoms with Crippen LogP contribution in [0.1, 0.15) is 6.42 Å². The van der Waals surface area contributed by atoms with Crippen LogP contribution in [0.4, 0.5) is 0 Å². The van der Waals surface area contributed by atoms with E-state index >= 15 is 0 Å². The molecule has 0 radical (unpaired) electrons. The Hall–Kier alpha value is -1.10. The maximum atomic E-state index is 10.7. The van der Waals surface area contributed by atoms with Crippen LogP contribution in [-0.4, -0.2) is 47.2 Å². The third-order valence-corrected chi connectivity index (χ3v) is 2.45. The van der Waals surface area contributed by atoms with Crippen molar-refractivity contribution < 1.29 is 19.8 Å². The number of piperidine rings is 1. The molecule has 0 amide bonds. The minimum absolute atomic E-state index is 0.326. The van der Waals surface area contributed by atoms with Crippen molar-refractivity contribution >= 4 is 11.9 Å². The van der Waals surface area contributed by atoms with Crippen LogP contribution in [0, 0.1) is 11.8 Å². The number of carboxylic acids is 2. The third-order valence-electron chi connectivity index (χ3n) is 2.45. The Labute approximate surface area is 76.0 Å². The first-order valence-corrected chi connectivity index (χ1v) is 4.16. The van der Waals surface area contributed by atoms with Crippen molar-refractivity contribution in [3.63, 3.8) is 0 Å². The highest BCUT2D eigenvalue weighted by atomic mass is 16.4. The van der Waals surface area contributed by atoms with Crippen molar-refractivity contribution in [1.82, 2.24) is 4.90 Å². The zero-order chi connectivity index (χ0) is 10.0. The fourth-order valence-electron chi connectivity index (χ4n) is 1.66. The Balaban J connectivity index is 2.72. The number of hydrogen-bond donors (Lipinski definition) is 2. The lowest BCUT2D eigenvalue weighted by molar-refractivity contribution is -0.156. The van der Waals surface area contributed by atoms with E-state index in [9.17, 15) is 9.59 Å². The second-order valence-corrected chi connectivity index (χ2v) is 3.44. The normalized spacial score (nSPS) is 29.9. The molecule has 1 saturated heterocycles. The van der Waals surface area contributed by atoms with Gasteiger partial charge in [0.25, 0.3) is 0 Å². The van der Waals surface area contributed by atoms with E-state index in [4.69, 9.17) is 10.2 Å². The summed E-state index contributed by atoms with van der Waals surface area (Å²) in [5, 5.41) is 17.5. The van der Waals surface area contributed by atoms with Crippen LogP contribution in [0.25, 0.3) is 0 Å². The summed E-state index contributed by atoms with van der Waals surface area (Å²) in [6.07, 6.45) is 0.419. The molecule has 1 rings (SSSR count). The number of likely N-dealkylation sites (tertiary alicyclic amines) is 1. The maximum absolute atomic E-state index is 10.7. The van der Waals surface area contributed by atoms with Crippen molar-refractivity contribution in [3.05, 3.63) is 0 Å². The van der Waals surface area contributed by atoms with E-state index in [1.165, 1.54) is 0 Å². The molecular weight excluding hydrogens is 174 g/mol. The molecule has 0 unspecified atom stereocenters. The van der Waals surface area contributed by atoms with Crippen molar-refractivity contribution in [2.24, 2.45) is 11.8 Å². The SMILES string of the molecule is CN1CC[C@@H](C(=O)O)[C@H](C(=O)O)C1. The smallest absolute Gasteiger partial charge is 0.308 e. The first-order valence-electron chi connectivity index (χ1n) is 4.16. The molecular formula is C8H13NO4. The summed E-state index contributed by atoms with van der Waals surface area (Å²) < 4.78 is 0. The number of carbonyl (C=O) groups is 2. The second-order valence-electron chi connectivity index (χ2n) is 3.44. The fourth-order valence-corrected chi connectivity index (χ4v) is 1.66. The monoisotopic (exact) mass is 187 g/mol. The van der Waals surface area contributed by atoms with Gasteiger partial charge < -0.3 is 15.1 Å². The van der Waals surface area contributed by atoms with Gasteiger partial charge in [0.2, 0.25) is 0 Å². The Morgan fingerprint density at radius 3 is 2.23 bits per heavy atom. The third kappa shape index (κ3) is 2.18. The van der Waals surface area contributed by atoms with Gasteiger partial charge in [-0.3, -0.25) is 9.59 Å². The van der Waals surface area contributed by atoms with E-state index in [0.717, 1.165) is 0 Å². The predicted molar refractivity (Wildman–Crippen MR) is 44.4 cm³/mol. The van der Waals surface area contributed by atoms with E-state index in [0.29, 0.717) is 19.5 Å². The Morgan fingerprint density at radius 2 is 1.77 bits per heavy atom. The summed E-state index contributed by atoms with van der Waals surface area (Å²) in [5.74, 6) is -3.51. The highest BCUT2D eigenvalue weighted by Crippen LogP contribution is 2.23. The van der Waals surface area contributed by atoms with Gasteiger partial charge in [0.05, 0.1) is 11.8 Å². The molecule has 0 aliphatic carbocycles. The minimum atomic E-state index is -1.01. The van der Waals surface area contributed by atoms with Gasteiger partial charge >= 0.3 is 11.9 Å². The van der Waals surface area contributed by atoms with Crippen molar-refractivity contribution in [1.29, 1.82) is 0 Å². The summed E-state index contributed by atoms with van der Waals surface area (Å²) in [6.45, 7) is 0.979. The first kappa shape index (κ1) is 9.98. The van der Waals surface area contributed by atoms with Crippen molar-refractivity contribution in [3.8, 4) is 0 Å². The van der Waals surface area contributed by atoms with Gasteiger partial charge in [-0.05, 0) is 20.0 Å². The molecule has 74 valence electrons. The van der Waals surface area contributed by atoms with Gasteiger partial charge in [-0.1, -0.05) is 0 Å². The largest absolute Gasteiger partial charge is 0.481 e. The summed E-state index contributed by atoms with van der Waals surface area (Å²) in [5.41, 5.74) is 0. The lowest BCUT2D eigenvalue weighted by Gasteiger charge is -2.31. The molecule has 1 aliphatic rings. The lowest BCUT2D eigenvalue weighted by atomic mass is 9.86. The number of carboxylic acid groups (broad SMARTS) is 2. The van der Waals surface area contributed by atoms with Crippen LogP contribution in [0.2, 0.25) is 0 Å². The lowest BCUT2D eigenvalue weighted by Crippen LogP contribution is -2.44. The number of aliphatic carboxylic acids is 2. The minimum Gasteiger partial charge on any atom is -0.481 e. The Bertz CT molecular complexity index is 228. The van der Waals surface area contributed by atoms with E-state index in [2.05, 4.69) is 0 Å². The highest BCUT2D eigenvalue weighted by Gasteiger charge is 2.37. The molecule has 1 fully saturated rings.